The van der Waals surface area contributed by atoms with Gasteiger partial charge in [0.25, 0.3) is 0 Å². The van der Waals surface area contributed by atoms with E-state index in [-0.39, 0.29) is 38.3 Å². The van der Waals surface area contributed by atoms with Crippen LogP contribution in [0.1, 0.15) is 0 Å². The molecule has 109 valence electrons. The second kappa shape index (κ2) is 8.84. The topological polar surface area (TPSA) is 40.5 Å². The van der Waals surface area contributed by atoms with E-state index in [1.807, 2.05) is 24.3 Å². The number of nitrogens with zero attached hydrogens (tertiary/aromatic N) is 1. The second-order valence-corrected chi connectivity index (χ2v) is 5.07. The SMILES string of the molecule is COCCOc1ccc(-c2[c-]cc(Br)c(=O)n2C)cc1.[Y]. The molecule has 0 saturated heterocycles. The van der Waals surface area contributed by atoms with Gasteiger partial charge in [0, 0.05) is 46.9 Å². The molecule has 2 rings (SSSR count). The Hall–Kier alpha value is -0.486. The third-order valence-corrected chi connectivity index (χ3v) is 3.43. The van der Waals surface area contributed by atoms with Gasteiger partial charge in [0.15, 0.2) is 0 Å². The number of aromatic nitrogens is 1. The second-order valence-electron chi connectivity index (χ2n) is 4.22. The largest absolute Gasteiger partial charge is 0.491 e. The molecule has 0 N–H and O–H groups in total. The standard InChI is InChI=1S/C15H15BrNO3.Y/c1-17-14(8-7-13(16)15(17)18)11-3-5-12(6-4-11)20-10-9-19-2;/h3-7H,9-10H2,1-2H3;/q-1;. The summed E-state index contributed by atoms with van der Waals surface area (Å²) in [5, 5.41) is 0. The minimum Gasteiger partial charge on any atom is -0.491 e. The molecule has 1 heterocycles. The summed E-state index contributed by atoms with van der Waals surface area (Å²) in [5.74, 6) is 0.771. The fraction of sp³-hybridized carbons (Fsp3) is 0.267. The first-order valence-corrected chi connectivity index (χ1v) is 6.92. The van der Waals surface area contributed by atoms with Gasteiger partial charge in [-0.05, 0) is 16.6 Å². The van der Waals surface area contributed by atoms with Crippen LogP contribution in [-0.2, 0) is 44.5 Å². The van der Waals surface area contributed by atoms with E-state index in [0.29, 0.717) is 17.7 Å². The van der Waals surface area contributed by atoms with Crippen LogP contribution in [-0.4, -0.2) is 24.9 Å². The van der Waals surface area contributed by atoms with Crippen molar-refractivity contribution in [3.8, 4) is 17.0 Å². The molecule has 0 aliphatic heterocycles. The predicted octanol–water partition coefficient (Wildman–Crippen LogP) is 2.64. The zero-order chi connectivity index (χ0) is 14.5. The van der Waals surface area contributed by atoms with Crippen LogP contribution < -0.4 is 10.3 Å². The average Bonchev–Trinajstić information content (AvgIpc) is 2.46. The Morgan fingerprint density at radius 1 is 1.24 bits per heavy atom. The number of hydrogen-bond donors (Lipinski definition) is 0. The van der Waals surface area contributed by atoms with Gasteiger partial charge in [-0.1, -0.05) is 11.3 Å². The number of rotatable bonds is 5. The van der Waals surface area contributed by atoms with Crippen molar-refractivity contribution in [3.05, 3.63) is 51.2 Å². The van der Waals surface area contributed by atoms with E-state index in [1.165, 1.54) is 0 Å². The molecule has 4 nitrogen and oxygen atoms in total. The first-order valence-electron chi connectivity index (χ1n) is 6.13. The maximum atomic E-state index is 11.9. The van der Waals surface area contributed by atoms with Crippen LogP contribution in [0.5, 0.6) is 5.75 Å². The van der Waals surface area contributed by atoms with E-state index in [9.17, 15) is 4.79 Å². The van der Waals surface area contributed by atoms with E-state index in [1.54, 1.807) is 24.8 Å². The summed E-state index contributed by atoms with van der Waals surface area (Å²) >= 11 is 3.20. The van der Waals surface area contributed by atoms with Gasteiger partial charge in [-0.2, -0.15) is 12.1 Å². The van der Waals surface area contributed by atoms with Crippen LogP contribution in [0, 0.1) is 6.07 Å². The molecule has 1 radical (unpaired) electrons. The van der Waals surface area contributed by atoms with Crippen molar-refractivity contribution in [3.63, 3.8) is 0 Å². The number of pyridine rings is 1. The Morgan fingerprint density at radius 3 is 2.52 bits per heavy atom. The van der Waals surface area contributed by atoms with Gasteiger partial charge in [0.05, 0.1) is 6.61 Å². The number of halogens is 1. The van der Waals surface area contributed by atoms with Gasteiger partial charge in [0.2, 0.25) is 5.56 Å². The van der Waals surface area contributed by atoms with Crippen LogP contribution in [0.15, 0.2) is 39.6 Å². The Balaban J connectivity index is 0.00000220. The van der Waals surface area contributed by atoms with Crippen LogP contribution in [0.2, 0.25) is 0 Å². The Bertz CT molecular complexity index is 640. The first-order chi connectivity index (χ1) is 9.63. The Labute approximate surface area is 157 Å². The normalized spacial score (nSPS) is 10.0. The summed E-state index contributed by atoms with van der Waals surface area (Å²) < 4.78 is 12.5. The molecular weight excluding hydrogens is 411 g/mol. The molecule has 0 atom stereocenters. The maximum absolute atomic E-state index is 11.9. The van der Waals surface area contributed by atoms with Crippen LogP contribution >= 0.6 is 15.9 Å². The van der Waals surface area contributed by atoms with Crippen molar-refractivity contribution in [2.24, 2.45) is 7.05 Å². The molecule has 21 heavy (non-hydrogen) atoms. The van der Waals surface area contributed by atoms with E-state index >= 15 is 0 Å². The molecule has 2 aromatic rings. The van der Waals surface area contributed by atoms with Crippen molar-refractivity contribution in [2.75, 3.05) is 20.3 Å². The van der Waals surface area contributed by atoms with Gasteiger partial charge in [0.1, 0.15) is 12.4 Å². The minimum absolute atomic E-state index is 0. The fourth-order valence-corrected chi connectivity index (χ4v) is 2.16. The van der Waals surface area contributed by atoms with E-state index in [4.69, 9.17) is 9.47 Å². The van der Waals surface area contributed by atoms with Crippen molar-refractivity contribution in [2.45, 2.75) is 0 Å². The molecule has 1 aromatic carbocycles. The summed E-state index contributed by atoms with van der Waals surface area (Å²) in [5.41, 5.74) is 1.57. The summed E-state index contributed by atoms with van der Waals surface area (Å²) in [7, 11) is 3.36. The van der Waals surface area contributed by atoms with Gasteiger partial charge < -0.3 is 14.0 Å². The van der Waals surface area contributed by atoms with Crippen molar-refractivity contribution in [1.82, 2.24) is 4.57 Å². The summed E-state index contributed by atoms with van der Waals surface area (Å²) in [6.07, 6.45) is 0. The molecule has 0 aliphatic rings. The Morgan fingerprint density at radius 2 is 1.90 bits per heavy atom. The number of methoxy groups -OCH3 is 1. The van der Waals surface area contributed by atoms with Gasteiger partial charge in [-0.15, -0.1) is 28.1 Å². The molecule has 1 aromatic heterocycles. The zero-order valence-corrected chi connectivity index (χ0v) is 16.4. The van der Waals surface area contributed by atoms with Crippen molar-refractivity contribution < 1.29 is 42.2 Å². The summed E-state index contributed by atoms with van der Waals surface area (Å²) in [6, 6.07) is 12.3. The third kappa shape index (κ3) is 4.75. The van der Waals surface area contributed by atoms with Crippen LogP contribution in [0.3, 0.4) is 0 Å². The molecule has 0 spiro atoms. The van der Waals surface area contributed by atoms with Crippen molar-refractivity contribution >= 4 is 15.9 Å². The smallest absolute Gasteiger partial charge is 0.208 e. The monoisotopic (exact) mass is 425 g/mol. The van der Waals surface area contributed by atoms with E-state index in [2.05, 4.69) is 22.0 Å². The summed E-state index contributed by atoms with van der Waals surface area (Å²) in [6.45, 7) is 1.06. The third-order valence-electron chi connectivity index (χ3n) is 2.86. The molecule has 0 unspecified atom stereocenters. The van der Waals surface area contributed by atoms with Gasteiger partial charge in [-0.25, -0.2) is 0 Å². The minimum atomic E-state index is -0.0841. The van der Waals surface area contributed by atoms with Gasteiger partial charge >= 0.3 is 0 Å². The molecule has 0 amide bonds. The average molecular weight is 426 g/mol. The molecule has 0 bridgehead atoms. The van der Waals surface area contributed by atoms with Crippen LogP contribution in [0.4, 0.5) is 0 Å². The fourth-order valence-electron chi connectivity index (χ4n) is 1.78. The Kier molecular flexibility index (Phi) is 7.81. The van der Waals surface area contributed by atoms with Crippen LogP contribution in [0.25, 0.3) is 11.3 Å². The number of hydrogen-bond acceptors (Lipinski definition) is 3. The summed E-state index contributed by atoms with van der Waals surface area (Å²) in [4.78, 5) is 11.9. The molecule has 0 saturated carbocycles. The molecular formula is C15H15BrNO3Y-. The van der Waals surface area contributed by atoms with Gasteiger partial charge in [-0.3, -0.25) is 4.79 Å². The molecule has 6 heteroatoms. The molecule has 0 fully saturated rings. The number of ether oxygens (including phenoxy) is 2. The molecule has 0 aliphatic carbocycles. The maximum Gasteiger partial charge on any atom is 0.208 e. The quantitative estimate of drug-likeness (QED) is 0.546. The zero-order valence-electron chi connectivity index (χ0n) is 11.9. The van der Waals surface area contributed by atoms with E-state index in [0.717, 1.165) is 17.0 Å². The van der Waals surface area contributed by atoms with E-state index < -0.39 is 0 Å². The first kappa shape index (κ1) is 18.6. The predicted molar refractivity (Wildman–Crippen MR) is 81.0 cm³/mol. The van der Waals surface area contributed by atoms with Crippen molar-refractivity contribution in [1.29, 1.82) is 0 Å². The number of benzene rings is 1.